The Labute approximate surface area is 105 Å². The van der Waals surface area contributed by atoms with Crippen molar-refractivity contribution in [3.63, 3.8) is 0 Å². The molecule has 2 heterocycles. The van der Waals surface area contributed by atoms with Gasteiger partial charge in [0.15, 0.2) is 5.76 Å². The standard InChI is InChI=1S/C14H14N2O2/c1-9-2-5-13(18-9)14(17)16-7-10-3-4-12(15)6-11(10)8-16/h2-6H,7-8,15H2,1H3. The number of hydrogen-bond donors (Lipinski definition) is 1. The number of nitrogen functional groups attached to an aromatic ring is 1. The van der Waals surface area contributed by atoms with Gasteiger partial charge in [0.25, 0.3) is 5.91 Å². The molecule has 18 heavy (non-hydrogen) atoms. The van der Waals surface area contributed by atoms with Crippen molar-refractivity contribution in [3.8, 4) is 0 Å². The Hall–Kier alpha value is -2.23. The average Bonchev–Trinajstić information content (AvgIpc) is 2.93. The van der Waals surface area contributed by atoms with Gasteiger partial charge in [-0.2, -0.15) is 0 Å². The molecule has 0 unspecified atom stereocenters. The molecule has 0 saturated heterocycles. The Morgan fingerprint density at radius 1 is 1.22 bits per heavy atom. The van der Waals surface area contributed by atoms with Gasteiger partial charge in [-0.05, 0) is 42.3 Å². The number of furan rings is 1. The van der Waals surface area contributed by atoms with Gasteiger partial charge < -0.3 is 15.1 Å². The van der Waals surface area contributed by atoms with E-state index in [0.717, 1.165) is 22.6 Å². The molecule has 92 valence electrons. The molecule has 4 heteroatoms. The normalized spacial score (nSPS) is 13.7. The third kappa shape index (κ3) is 1.76. The maximum atomic E-state index is 12.2. The van der Waals surface area contributed by atoms with Gasteiger partial charge in [0, 0.05) is 18.8 Å². The van der Waals surface area contributed by atoms with Crippen molar-refractivity contribution in [2.45, 2.75) is 20.0 Å². The fraction of sp³-hybridized carbons (Fsp3) is 0.214. The van der Waals surface area contributed by atoms with Crippen molar-refractivity contribution in [2.75, 3.05) is 5.73 Å². The summed E-state index contributed by atoms with van der Waals surface area (Å²) in [7, 11) is 0. The molecule has 0 fully saturated rings. The topological polar surface area (TPSA) is 59.5 Å². The quantitative estimate of drug-likeness (QED) is 0.781. The Morgan fingerprint density at radius 3 is 2.72 bits per heavy atom. The lowest BCUT2D eigenvalue weighted by Gasteiger charge is -2.13. The number of amides is 1. The molecule has 2 N–H and O–H groups in total. The fourth-order valence-corrected chi connectivity index (χ4v) is 2.26. The number of carbonyl (C=O) groups is 1. The average molecular weight is 242 g/mol. The summed E-state index contributed by atoms with van der Waals surface area (Å²) in [5.74, 6) is 1.07. The van der Waals surface area contributed by atoms with Crippen LogP contribution in [0.4, 0.5) is 5.69 Å². The number of nitrogens with zero attached hydrogens (tertiary/aromatic N) is 1. The van der Waals surface area contributed by atoms with Crippen molar-refractivity contribution in [3.05, 3.63) is 53.0 Å². The lowest BCUT2D eigenvalue weighted by Crippen LogP contribution is -2.24. The van der Waals surface area contributed by atoms with E-state index in [0.29, 0.717) is 18.8 Å². The van der Waals surface area contributed by atoms with Crippen LogP contribution < -0.4 is 5.73 Å². The Balaban J connectivity index is 1.83. The zero-order valence-electron chi connectivity index (χ0n) is 10.1. The third-order valence-electron chi connectivity index (χ3n) is 3.19. The molecule has 0 spiro atoms. The molecule has 1 aromatic carbocycles. The second-order valence-electron chi connectivity index (χ2n) is 4.60. The molecule has 0 radical (unpaired) electrons. The monoisotopic (exact) mass is 242 g/mol. The molecule has 2 aromatic rings. The second kappa shape index (κ2) is 3.91. The predicted molar refractivity (Wildman–Crippen MR) is 67.9 cm³/mol. The van der Waals surface area contributed by atoms with E-state index in [2.05, 4.69) is 0 Å². The minimum Gasteiger partial charge on any atom is -0.456 e. The second-order valence-corrected chi connectivity index (χ2v) is 4.60. The number of anilines is 1. The molecule has 0 saturated carbocycles. The summed E-state index contributed by atoms with van der Waals surface area (Å²) in [6.45, 7) is 3.04. The van der Waals surface area contributed by atoms with E-state index in [-0.39, 0.29) is 5.91 Å². The Kier molecular flexibility index (Phi) is 2.37. The van der Waals surface area contributed by atoms with Crippen LogP contribution in [0.3, 0.4) is 0 Å². The zero-order valence-corrected chi connectivity index (χ0v) is 10.1. The highest BCUT2D eigenvalue weighted by Gasteiger charge is 2.25. The van der Waals surface area contributed by atoms with Crippen molar-refractivity contribution < 1.29 is 9.21 Å². The van der Waals surface area contributed by atoms with Crippen molar-refractivity contribution in [1.29, 1.82) is 0 Å². The van der Waals surface area contributed by atoms with E-state index in [1.54, 1.807) is 17.0 Å². The molecule has 1 aliphatic rings. The number of benzene rings is 1. The summed E-state index contributed by atoms with van der Waals surface area (Å²) in [6.07, 6.45) is 0. The van der Waals surface area contributed by atoms with Crippen LogP contribution in [0, 0.1) is 6.92 Å². The highest BCUT2D eigenvalue weighted by atomic mass is 16.3. The lowest BCUT2D eigenvalue weighted by molar-refractivity contribution is 0.0718. The minimum absolute atomic E-state index is 0.0714. The van der Waals surface area contributed by atoms with Crippen LogP contribution in [0.1, 0.15) is 27.4 Å². The van der Waals surface area contributed by atoms with E-state index in [1.165, 1.54) is 0 Å². The Bertz CT molecular complexity index is 616. The van der Waals surface area contributed by atoms with E-state index in [1.807, 2.05) is 25.1 Å². The smallest absolute Gasteiger partial charge is 0.290 e. The summed E-state index contributed by atoms with van der Waals surface area (Å²) in [6, 6.07) is 9.29. The fourth-order valence-electron chi connectivity index (χ4n) is 2.26. The first-order chi connectivity index (χ1) is 8.63. The van der Waals surface area contributed by atoms with Gasteiger partial charge in [-0.3, -0.25) is 4.79 Å². The summed E-state index contributed by atoms with van der Waals surface area (Å²) < 4.78 is 5.36. The molecule has 4 nitrogen and oxygen atoms in total. The molecule has 1 aromatic heterocycles. The molecule has 3 rings (SSSR count). The van der Waals surface area contributed by atoms with E-state index in [4.69, 9.17) is 10.2 Å². The lowest BCUT2D eigenvalue weighted by atomic mass is 10.1. The van der Waals surface area contributed by atoms with Gasteiger partial charge in [-0.25, -0.2) is 0 Å². The van der Waals surface area contributed by atoms with Crippen molar-refractivity contribution in [2.24, 2.45) is 0 Å². The van der Waals surface area contributed by atoms with Crippen LogP contribution >= 0.6 is 0 Å². The summed E-state index contributed by atoms with van der Waals surface area (Å²) >= 11 is 0. The summed E-state index contributed by atoms with van der Waals surface area (Å²) in [5, 5.41) is 0. The minimum atomic E-state index is -0.0714. The first-order valence-corrected chi connectivity index (χ1v) is 5.86. The molecular weight excluding hydrogens is 228 g/mol. The molecule has 0 bridgehead atoms. The predicted octanol–water partition coefficient (Wildman–Crippen LogP) is 2.33. The van der Waals surface area contributed by atoms with Gasteiger partial charge in [0.2, 0.25) is 0 Å². The molecule has 0 aliphatic carbocycles. The summed E-state index contributed by atoms with van der Waals surface area (Å²) in [5.41, 5.74) is 8.75. The van der Waals surface area contributed by atoms with E-state index >= 15 is 0 Å². The number of fused-ring (bicyclic) bond motifs is 1. The van der Waals surface area contributed by atoms with Crippen LogP contribution in [-0.4, -0.2) is 10.8 Å². The SMILES string of the molecule is Cc1ccc(C(=O)N2Cc3ccc(N)cc3C2)o1. The van der Waals surface area contributed by atoms with Crippen LogP contribution in [-0.2, 0) is 13.1 Å². The van der Waals surface area contributed by atoms with E-state index in [9.17, 15) is 4.79 Å². The number of carbonyl (C=O) groups excluding carboxylic acids is 1. The maximum Gasteiger partial charge on any atom is 0.290 e. The summed E-state index contributed by atoms with van der Waals surface area (Å²) in [4.78, 5) is 14.0. The zero-order chi connectivity index (χ0) is 12.7. The molecular formula is C14H14N2O2. The highest BCUT2D eigenvalue weighted by molar-refractivity contribution is 5.91. The van der Waals surface area contributed by atoms with Gasteiger partial charge in [0.1, 0.15) is 5.76 Å². The number of rotatable bonds is 1. The van der Waals surface area contributed by atoms with Crippen molar-refractivity contribution in [1.82, 2.24) is 4.90 Å². The number of nitrogens with two attached hydrogens (primary N) is 1. The van der Waals surface area contributed by atoms with E-state index < -0.39 is 0 Å². The first-order valence-electron chi connectivity index (χ1n) is 5.86. The third-order valence-corrected chi connectivity index (χ3v) is 3.19. The van der Waals surface area contributed by atoms with Crippen LogP contribution in [0.15, 0.2) is 34.7 Å². The largest absolute Gasteiger partial charge is 0.456 e. The molecule has 0 atom stereocenters. The maximum absolute atomic E-state index is 12.2. The van der Waals surface area contributed by atoms with Crippen LogP contribution in [0.25, 0.3) is 0 Å². The van der Waals surface area contributed by atoms with Gasteiger partial charge in [-0.1, -0.05) is 6.07 Å². The Morgan fingerprint density at radius 2 is 2.00 bits per heavy atom. The van der Waals surface area contributed by atoms with Gasteiger partial charge in [0.05, 0.1) is 0 Å². The number of aryl methyl sites for hydroxylation is 1. The van der Waals surface area contributed by atoms with Crippen LogP contribution in [0.2, 0.25) is 0 Å². The van der Waals surface area contributed by atoms with Gasteiger partial charge in [-0.15, -0.1) is 0 Å². The van der Waals surface area contributed by atoms with Gasteiger partial charge >= 0.3 is 0 Å². The van der Waals surface area contributed by atoms with Crippen LogP contribution in [0.5, 0.6) is 0 Å². The first kappa shape index (κ1) is 10.9. The highest BCUT2D eigenvalue weighted by Crippen LogP contribution is 2.26. The van der Waals surface area contributed by atoms with Crippen molar-refractivity contribution >= 4 is 11.6 Å². The molecule has 1 aliphatic heterocycles. The number of hydrogen-bond acceptors (Lipinski definition) is 3. The molecule has 1 amide bonds.